The minimum Gasteiger partial charge on any atom is -0.468 e. The van der Waals surface area contributed by atoms with E-state index in [0.29, 0.717) is 11.6 Å². The average Bonchev–Trinajstić information content (AvgIpc) is 2.25. The van der Waals surface area contributed by atoms with Crippen molar-refractivity contribution in [2.45, 2.75) is 13.0 Å². The van der Waals surface area contributed by atoms with Crippen LogP contribution in [-0.2, 0) is 9.53 Å². The second-order valence-corrected chi connectivity index (χ2v) is 3.51. The fraction of sp³-hybridized carbons (Fsp3) is 0.364. The first kappa shape index (κ1) is 12.0. The number of rotatable bonds is 4. The highest BCUT2D eigenvalue weighted by Gasteiger charge is 2.19. The molecule has 0 saturated heterocycles. The summed E-state index contributed by atoms with van der Waals surface area (Å²) in [5.41, 5.74) is 0.816. The van der Waals surface area contributed by atoms with E-state index in [2.05, 4.69) is 5.32 Å². The van der Waals surface area contributed by atoms with Gasteiger partial charge < -0.3 is 10.1 Å². The number of methoxy groups -OCH3 is 1. The lowest BCUT2D eigenvalue weighted by Gasteiger charge is -2.15. The zero-order valence-electron chi connectivity index (χ0n) is 8.79. The Balaban J connectivity index is 2.93. The van der Waals surface area contributed by atoms with Crippen molar-refractivity contribution in [3.63, 3.8) is 0 Å². The Morgan fingerprint density at radius 3 is 2.87 bits per heavy atom. The van der Waals surface area contributed by atoms with E-state index in [9.17, 15) is 4.79 Å². The van der Waals surface area contributed by atoms with Gasteiger partial charge in [-0.3, -0.25) is 0 Å². The molecule has 1 atom stereocenters. The largest absolute Gasteiger partial charge is 0.468 e. The first-order chi connectivity index (χ1) is 7.19. The molecule has 0 amide bonds. The highest BCUT2D eigenvalue weighted by molar-refractivity contribution is 6.30. The number of halogens is 1. The second kappa shape index (κ2) is 5.73. The number of benzene rings is 1. The number of hydrogen-bond donors (Lipinski definition) is 1. The molecule has 0 fully saturated rings. The number of nitrogens with one attached hydrogen (secondary N) is 1. The molecular formula is C11H14ClNO2. The lowest BCUT2D eigenvalue weighted by atomic mass is 10.1. The Morgan fingerprint density at radius 1 is 1.60 bits per heavy atom. The molecule has 1 aromatic rings. The van der Waals surface area contributed by atoms with Gasteiger partial charge in [0.2, 0.25) is 0 Å². The molecule has 15 heavy (non-hydrogen) atoms. The molecule has 4 heteroatoms. The maximum Gasteiger partial charge on any atom is 0.327 e. The van der Waals surface area contributed by atoms with Crippen LogP contribution in [0.2, 0.25) is 5.02 Å². The number of ether oxygens (including phenoxy) is 1. The molecule has 1 unspecified atom stereocenters. The van der Waals surface area contributed by atoms with E-state index in [-0.39, 0.29) is 5.97 Å². The van der Waals surface area contributed by atoms with Crippen molar-refractivity contribution in [2.24, 2.45) is 0 Å². The molecule has 0 aromatic heterocycles. The molecule has 0 aliphatic carbocycles. The zero-order valence-corrected chi connectivity index (χ0v) is 9.54. The fourth-order valence-corrected chi connectivity index (χ4v) is 1.54. The van der Waals surface area contributed by atoms with Crippen molar-refractivity contribution < 1.29 is 9.53 Å². The molecule has 0 aliphatic rings. The molecule has 0 aliphatic heterocycles. The minimum absolute atomic E-state index is 0.306. The Morgan fingerprint density at radius 2 is 2.33 bits per heavy atom. The van der Waals surface area contributed by atoms with Crippen LogP contribution in [0.5, 0.6) is 0 Å². The zero-order chi connectivity index (χ0) is 11.3. The third kappa shape index (κ3) is 3.22. The molecule has 82 valence electrons. The maximum absolute atomic E-state index is 11.5. The lowest BCUT2D eigenvalue weighted by molar-refractivity contribution is -0.143. The lowest BCUT2D eigenvalue weighted by Crippen LogP contribution is -2.29. The smallest absolute Gasteiger partial charge is 0.327 e. The van der Waals surface area contributed by atoms with Gasteiger partial charge in [-0.25, -0.2) is 4.79 Å². The van der Waals surface area contributed by atoms with Crippen LogP contribution in [0.25, 0.3) is 0 Å². The normalized spacial score (nSPS) is 12.2. The van der Waals surface area contributed by atoms with E-state index in [4.69, 9.17) is 16.3 Å². The Hall–Kier alpha value is -1.06. The number of carbonyl (C=O) groups excluding carboxylic acids is 1. The van der Waals surface area contributed by atoms with E-state index < -0.39 is 6.04 Å². The third-order valence-corrected chi connectivity index (χ3v) is 2.26. The molecule has 1 aromatic carbocycles. The monoisotopic (exact) mass is 227 g/mol. The molecule has 0 saturated carbocycles. The molecule has 3 nitrogen and oxygen atoms in total. The van der Waals surface area contributed by atoms with Crippen LogP contribution in [0.15, 0.2) is 24.3 Å². The number of esters is 1. The maximum atomic E-state index is 11.5. The number of carbonyl (C=O) groups is 1. The molecule has 0 bridgehead atoms. The predicted octanol–water partition coefficient (Wildman–Crippen LogP) is 2.16. The van der Waals surface area contributed by atoms with E-state index in [0.717, 1.165) is 5.56 Å². The Kier molecular flexibility index (Phi) is 4.59. The first-order valence-electron chi connectivity index (χ1n) is 4.75. The van der Waals surface area contributed by atoms with E-state index in [1.165, 1.54) is 7.11 Å². The van der Waals surface area contributed by atoms with Gasteiger partial charge in [0.05, 0.1) is 7.11 Å². The molecular weight excluding hydrogens is 214 g/mol. The molecule has 0 radical (unpaired) electrons. The summed E-state index contributed by atoms with van der Waals surface area (Å²) in [4.78, 5) is 11.5. The van der Waals surface area contributed by atoms with Crippen molar-refractivity contribution in [2.75, 3.05) is 13.7 Å². The number of likely N-dealkylation sites (N-methyl/N-ethyl adjacent to an activating group) is 1. The fourth-order valence-electron chi connectivity index (χ4n) is 1.35. The summed E-state index contributed by atoms with van der Waals surface area (Å²) in [6.45, 7) is 2.62. The summed E-state index contributed by atoms with van der Waals surface area (Å²) >= 11 is 5.86. The molecule has 1 N–H and O–H groups in total. The van der Waals surface area contributed by atoms with Crippen LogP contribution in [0.3, 0.4) is 0 Å². The topological polar surface area (TPSA) is 38.3 Å². The highest BCUT2D eigenvalue weighted by Crippen LogP contribution is 2.18. The van der Waals surface area contributed by atoms with Crippen LogP contribution < -0.4 is 5.32 Å². The summed E-state index contributed by atoms with van der Waals surface area (Å²) in [6.07, 6.45) is 0. The summed E-state index contributed by atoms with van der Waals surface area (Å²) in [5.74, 6) is -0.306. The molecule has 0 spiro atoms. The predicted molar refractivity (Wildman–Crippen MR) is 59.9 cm³/mol. The van der Waals surface area contributed by atoms with Crippen molar-refractivity contribution >= 4 is 17.6 Å². The van der Waals surface area contributed by atoms with Crippen molar-refractivity contribution in [3.05, 3.63) is 34.9 Å². The van der Waals surface area contributed by atoms with E-state index >= 15 is 0 Å². The van der Waals surface area contributed by atoms with Crippen LogP contribution in [0.4, 0.5) is 0 Å². The van der Waals surface area contributed by atoms with Crippen LogP contribution in [0, 0.1) is 0 Å². The minimum atomic E-state index is -0.446. The summed E-state index contributed by atoms with van der Waals surface area (Å²) in [7, 11) is 1.37. The van der Waals surface area contributed by atoms with E-state index in [1.807, 2.05) is 19.1 Å². The number of hydrogen-bond acceptors (Lipinski definition) is 3. The second-order valence-electron chi connectivity index (χ2n) is 3.07. The van der Waals surface area contributed by atoms with Gasteiger partial charge in [0.25, 0.3) is 0 Å². The van der Waals surface area contributed by atoms with Crippen molar-refractivity contribution in [3.8, 4) is 0 Å². The molecule has 1 rings (SSSR count). The van der Waals surface area contributed by atoms with Gasteiger partial charge in [-0.2, -0.15) is 0 Å². The summed E-state index contributed by atoms with van der Waals surface area (Å²) in [5, 5.41) is 3.65. The van der Waals surface area contributed by atoms with Gasteiger partial charge in [0.1, 0.15) is 6.04 Å². The van der Waals surface area contributed by atoms with E-state index in [1.54, 1.807) is 12.1 Å². The van der Waals surface area contributed by atoms with Crippen molar-refractivity contribution in [1.82, 2.24) is 5.32 Å². The van der Waals surface area contributed by atoms with Gasteiger partial charge in [-0.05, 0) is 24.2 Å². The van der Waals surface area contributed by atoms with Gasteiger partial charge in [0, 0.05) is 5.02 Å². The van der Waals surface area contributed by atoms with Gasteiger partial charge in [-0.15, -0.1) is 0 Å². The standard InChI is InChI=1S/C11H14ClNO2/c1-3-13-10(11(14)15-2)8-5-4-6-9(12)7-8/h4-7,10,13H,3H2,1-2H3. The van der Waals surface area contributed by atoms with Gasteiger partial charge in [0.15, 0.2) is 0 Å². The summed E-state index contributed by atoms with van der Waals surface area (Å²) < 4.78 is 4.71. The van der Waals surface area contributed by atoms with Gasteiger partial charge in [-0.1, -0.05) is 30.7 Å². The van der Waals surface area contributed by atoms with Crippen LogP contribution in [0.1, 0.15) is 18.5 Å². The van der Waals surface area contributed by atoms with Crippen LogP contribution >= 0.6 is 11.6 Å². The first-order valence-corrected chi connectivity index (χ1v) is 5.13. The molecule has 0 heterocycles. The quantitative estimate of drug-likeness (QED) is 0.802. The third-order valence-electron chi connectivity index (χ3n) is 2.03. The highest BCUT2D eigenvalue weighted by atomic mass is 35.5. The van der Waals surface area contributed by atoms with Gasteiger partial charge >= 0.3 is 5.97 Å². The SMILES string of the molecule is CCNC(C(=O)OC)c1cccc(Cl)c1. The average molecular weight is 228 g/mol. The Bertz CT molecular complexity index is 341. The summed E-state index contributed by atoms with van der Waals surface area (Å²) in [6, 6.07) is 6.73. The Labute approximate surface area is 94.4 Å². The van der Waals surface area contributed by atoms with Crippen LogP contribution in [-0.4, -0.2) is 19.6 Å². The van der Waals surface area contributed by atoms with Crippen molar-refractivity contribution in [1.29, 1.82) is 0 Å².